The molecule has 0 aliphatic heterocycles. The van der Waals surface area contributed by atoms with Gasteiger partial charge in [-0.3, -0.25) is 18.1 Å². The number of hydrogen-bond donors (Lipinski definition) is 1. The first-order valence-corrected chi connectivity index (χ1v) is 24.1. The van der Waals surface area contributed by atoms with Crippen molar-refractivity contribution in [3.63, 3.8) is 0 Å². The third kappa shape index (κ3) is 8.03. The van der Waals surface area contributed by atoms with E-state index in [0.717, 1.165) is 36.1 Å². The van der Waals surface area contributed by atoms with Gasteiger partial charge < -0.3 is 19.3 Å². The van der Waals surface area contributed by atoms with Gasteiger partial charge in [0, 0.05) is 47.6 Å². The fourth-order valence-electron chi connectivity index (χ4n) is 5.65. The highest BCUT2D eigenvalue weighted by molar-refractivity contribution is 7.14. The van der Waals surface area contributed by atoms with Crippen molar-refractivity contribution in [1.29, 1.82) is 0 Å². The number of fused-ring (bicyclic) bond motifs is 2. The normalized spacial score (nSPS) is 17.5. The van der Waals surface area contributed by atoms with Crippen molar-refractivity contribution in [3.05, 3.63) is 57.1 Å². The largest absolute Gasteiger partial charge is 0.465 e. The van der Waals surface area contributed by atoms with Crippen LogP contribution in [0.15, 0.2) is 46.0 Å². The number of aromatic nitrogens is 3. The average Bonchev–Trinajstić information content (AvgIpc) is 3.59. The smallest absolute Gasteiger partial charge is 0.279 e. The van der Waals surface area contributed by atoms with Crippen molar-refractivity contribution in [2.45, 2.75) is 83.4 Å². The molecule has 2 aromatic carbocycles. The standard InChI is InChI=1S/C33H47N3O6SSi2/c1-44(2,3)17-15-40-21-35-27-11-8-12-28(42-22-41-16-18-45(4,5)6)30(27)34-29(33(35)39)25-9-7-10-26-31(25)43-36(32(26)38)24-14-13-23(19-24)20-37/h7-12,23-24,37H,13-22H2,1-6H3. The number of hydrogen-bond acceptors (Lipinski definition) is 8. The van der Waals surface area contributed by atoms with Crippen LogP contribution in [-0.4, -0.2) is 61.4 Å². The molecule has 4 aromatic rings. The average molecular weight is 670 g/mol. The third-order valence-corrected chi connectivity index (χ3v) is 13.1. The van der Waals surface area contributed by atoms with Gasteiger partial charge in [0.15, 0.2) is 6.79 Å². The Hall–Kier alpha value is -2.62. The predicted molar refractivity (Wildman–Crippen MR) is 188 cm³/mol. The maximum atomic E-state index is 14.2. The van der Waals surface area contributed by atoms with Gasteiger partial charge in [-0.2, -0.15) is 0 Å². The Balaban J connectivity index is 1.56. The Morgan fingerprint density at radius 1 is 0.933 bits per heavy atom. The third-order valence-electron chi connectivity index (χ3n) is 8.44. The van der Waals surface area contributed by atoms with Gasteiger partial charge in [0.05, 0.1) is 15.6 Å². The lowest BCUT2D eigenvalue weighted by atomic mass is 10.1. The van der Waals surface area contributed by atoms with Gasteiger partial charge in [-0.15, -0.1) is 0 Å². The zero-order valence-electron chi connectivity index (χ0n) is 27.4. The van der Waals surface area contributed by atoms with Crippen LogP contribution in [0.5, 0.6) is 5.75 Å². The number of nitrogens with zero attached hydrogens (tertiary/aromatic N) is 3. The van der Waals surface area contributed by atoms with Crippen LogP contribution >= 0.6 is 11.5 Å². The molecule has 0 saturated heterocycles. The highest BCUT2D eigenvalue weighted by Gasteiger charge is 2.29. The first-order chi connectivity index (χ1) is 21.4. The molecule has 0 bridgehead atoms. The zero-order chi connectivity index (χ0) is 32.4. The lowest BCUT2D eigenvalue weighted by molar-refractivity contribution is 0.0228. The number of aliphatic hydroxyl groups excluding tert-OH is 1. The van der Waals surface area contributed by atoms with Gasteiger partial charge in [0.1, 0.15) is 23.7 Å². The fourth-order valence-corrected chi connectivity index (χ4v) is 8.40. The molecule has 1 aliphatic carbocycles. The van der Waals surface area contributed by atoms with Crippen LogP contribution in [0.25, 0.3) is 32.4 Å². The molecule has 0 spiro atoms. The molecular formula is C33H47N3O6SSi2. The molecule has 1 aliphatic rings. The van der Waals surface area contributed by atoms with Gasteiger partial charge in [0.25, 0.3) is 11.1 Å². The van der Waals surface area contributed by atoms with Crippen LogP contribution in [0.3, 0.4) is 0 Å². The molecule has 2 atom stereocenters. The van der Waals surface area contributed by atoms with Crippen molar-refractivity contribution < 1.29 is 19.3 Å². The molecule has 45 heavy (non-hydrogen) atoms. The fraction of sp³-hybridized carbons (Fsp3) is 0.545. The van der Waals surface area contributed by atoms with E-state index in [2.05, 4.69) is 39.3 Å². The molecule has 9 nitrogen and oxygen atoms in total. The summed E-state index contributed by atoms with van der Waals surface area (Å²) in [7, 11) is -2.55. The topological polar surface area (TPSA) is 105 Å². The van der Waals surface area contributed by atoms with Gasteiger partial charge in [-0.1, -0.05) is 69.0 Å². The van der Waals surface area contributed by atoms with E-state index >= 15 is 0 Å². The quantitative estimate of drug-likeness (QED) is 0.0897. The van der Waals surface area contributed by atoms with E-state index in [1.807, 2.05) is 40.4 Å². The summed E-state index contributed by atoms with van der Waals surface area (Å²) in [4.78, 5) is 32.7. The van der Waals surface area contributed by atoms with Gasteiger partial charge in [-0.05, 0) is 55.5 Å². The van der Waals surface area contributed by atoms with E-state index in [4.69, 9.17) is 19.2 Å². The lowest BCUT2D eigenvalue weighted by Gasteiger charge is -2.18. The second-order valence-electron chi connectivity index (χ2n) is 14.6. The molecule has 1 N–H and O–H groups in total. The zero-order valence-corrected chi connectivity index (χ0v) is 30.2. The molecule has 2 unspecified atom stereocenters. The Labute approximate surface area is 270 Å². The van der Waals surface area contributed by atoms with Crippen molar-refractivity contribution in [2.75, 3.05) is 26.6 Å². The van der Waals surface area contributed by atoms with E-state index in [-0.39, 0.29) is 48.9 Å². The summed E-state index contributed by atoms with van der Waals surface area (Å²) in [5.74, 6) is 0.733. The first-order valence-electron chi connectivity index (χ1n) is 15.9. The van der Waals surface area contributed by atoms with E-state index in [1.165, 1.54) is 11.5 Å². The van der Waals surface area contributed by atoms with E-state index in [0.29, 0.717) is 40.9 Å². The summed E-state index contributed by atoms with van der Waals surface area (Å²) in [6.45, 7) is 15.3. The molecule has 244 valence electrons. The summed E-state index contributed by atoms with van der Waals surface area (Å²) in [5.41, 5.74) is 1.70. The predicted octanol–water partition coefficient (Wildman–Crippen LogP) is 6.78. The van der Waals surface area contributed by atoms with E-state index in [1.54, 1.807) is 4.57 Å². The Morgan fingerprint density at radius 3 is 2.33 bits per heavy atom. The second kappa shape index (κ2) is 14.0. The van der Waals surface area contributed by atoms with Crippen LogP contribution in [0.2, 0.25) is 51.4 Å². The van der Waals surface area contributed by atoms with Crippen LogP contribution in [0.1, 0.15) is 25.3 Å². The minimum absolute atomic E-state index is 0.0434. The summed E-state index contributed by atoms with van der Waals surface area (Å²) in [5, 5.41) is 10.2. The summed E-state index contributed by atoms with van der Waals surface area (Å²) < 4.78 is 22.2. The molecule has 1 saturated carbocycles. The SMILES string of the molecule is C[Si](C)(C)CCOCOc1cccc2c1nc(-c1cccc3c(=O)n(C4CCC(CO)C4)sc13)c(=O)n2COCC[Si](C)(C)C. The van der Waals surface area contributed by atoms with Gasteiger partial charge in [-0.25, -0.2) is 4.98 Å². The Kier molecular flexibility index (Phi) is 10.5. The maximum Gasteiger partial charge on any atom is 0.279 e. The van der Waals surface area contributed by atoms with E-state index in [9.17, 15) is 14.7 Å². The molecule has 1 fully saturated rings. The Morgan fingerprint density at radius 2 is 1.64 bits per heavy atom. The molecule has 12 heteroatoms. The Bertz CT molecular complexity index is 1750. The van der Waals surface area contributed by atoms with Crippen LogP contribution in [-0.2, 0) is 16.2 Å². The highest BCUT2D eigenvalue weighted by atomic mass is 32.1. The molecule has 2 aromatic heterocycles. The number of aliphatic hydroxyl groups is 1. The van der Waals surface area contributed by atoms with Gasteiger partial charge >= 0.3 is 0 Å². The molecule has 2 heterocycles. The summed E-state index contributed by atoms with van der Waals surface area (Å²) in [6.07, 6.45) is 2.52. The number of benzene rings is 2. The summed E-state index contributed by atoms with van der Waals surface area (Å²) in [6, 6.07) is 13.1. The van der Waals surface area contributed by atoms with Crippen molar-refractivity contribution in [2.24, 2.45) is 5.92 Å². The number of ether oxygens (including phenoxy) is 3. The highest BCUT2D eigenvalue weighted by Crippen LogP contribution is 2.38. The van der Waals surface area contributed by atoms with Crippen molar-refractivity contribution in [3.8, 4) is 17.0 Å². The van der Waals surface area contributed by atoms with Crippen LogP contribution in [0.4, 0.5) is 0 Å². The van der Waals surface area contributed by atoms with Gasteiger partial charge in [0.2, 0.25) is 0 Å². The van der Waals surface area contributed by atoms with Crippen molar-refractivity contribution >= 4 is 48.8 Å². The van der Waals surface area contributed by atoms with Crippen molar-refractivity contribution in [1.82, 2.24) is 13.5 Å². The molecule has 5 rings (SSSR count). The van der Waals surface area contributed by atoms with E-state index < -0.39 is 16.1 Å². The number of para-hydroxylation sites is 1. The minimum atomic E-state index is -1.32. The first kappa shape index (κ1) is 33.7. The molecular weight excluding hydrogens is 623 g/mol. The summed E-state index contributed by atoms with van der Waals surface area (Å²) >= 11 is 1.38. The monoisotopic (exact) mass is 669 g/mol. The molecule has 0 radical (unpaired) electrons. The second-order valence-corrected chi connectivity index (χ2v) is 26.8. The maximum absolute atomic E-state index is 14.2. The van der Waals surface area contributed by atoms with Crippen LogP contribution in [0, 0.1) is 5.92 Å². The molecule has 0 amide bonds. The minimum Gasteiger partial charge on any atom is -0.465 e. The van der Waals surface area contributed by atoms with Crippen LogP contribution < -0.4 is 15.9 Å². The number of rotatable bonds is 14. The lowest BCUT2D eigenvalue weighted by Crippen LogP contribution is -2.27.